The smallest absolute Gasteiger partial charge is 0.463 e. The second kappa shape index (κ2) is 5.08. The molecule has 0 aliphatic rings. The highest BCUT2D eigenvalue weighted by atomic mass is 19.4. The van der Waals surface area contributed by atoms with Crippen LogP contribution < -0.4 is 4.74 Å². The predicted octanol–water partition coefficient (Wildman–Crippen LogP) is 1.98. The van der Waals surface area contributed by atoms with Crippen molar-refractivity contribution in [1.29, 1.82) is 0 Å². The Morgan fingerprint density at radius 1 is 1.47 bits per heavy atom. The van der Waals surface area contributed by atoms with Gasteiger partial charge in [0.15, 0.2) is 0 Å². The lowest BCUT2D eigenvalue weighted by atomic mass is 10.2. The average molecular weight is 280 g/mol. The minimum absolute atomic E-state index is 0.310. The maximum atomic E-state index is 12.1. The highest BCUT2D eigenvalue weighted by molar-refractivity contribution is 5.89. The van der Waals surface area contributed by atoms with Crippen LogP contribution >= 0.6 is 0 Å². The second-order valence-electron chi connectivity index (χ2n) is 3.25. The van der Waals surface area contributed by atoms with Crippen molar-refractivity contribution >= 4 is 11.8 Å². The zero-order valence-corrected chi connectivity index (χ0v) is 9.65. The number of ether oxygens (including phenoxy) is 2. The molecule has 0 unspecified atom stereocenters. The molecule has 1 aromatic heterocycles. The first kappa shape index (κ1) is 14.7. The van der Waals surface area contributed by atoms with Crippen LogP contribution in [0.5, 0.6) is 5.75 Å². The molecule has 0 aliphatic carbocycles. The van der Waals surface area contributed by atoms with E-state index in [4.69, 9.17) is 0 Å². The minimum Gasteiger partial charge on any atom is -0.463 e. The predicted molar refractivity (Wildman–Crippen MR) is 53.7 cm³/mol. The van der Waals surface area contributed by atoms with Gasteiger partial charge in [-0.2, -0.15) is 0 Å². The van der Waals surface area contributed by atoms with Crippen LogP contribution in [0.25, 0.3) is 0 Å². The molecule has 19 heavy (non-hydrogen) atoms. The molecule has 0 saturated heterocycles. The number of carbonyl (C=O) groups excluding carboxylic acids is 1. The van der Waals surface area contributed by atoms with Crippen molar-refractivity contribution < 1.29 is 32.4 Å². The summed E-state index contributed by atoms with van der Waals surface area (Å²) in [6, 6.07) is 0.481. The minimum atomic E-state index is -5.05. The molecular weight excluding hydrogens is 273 g/mol. The van der Waals surface area contributed by atoms with Crippen LogP contribution in [-0.2, 0) is 4.74 Å². The molecule has 0 atom stereocenters. The second-order valence-corrected chi connectivity index (χ2v) is 3.25. The van der Waals surface area contributed by atoms with Gasteiger partial charge in [-0.05, 0) is 16.8 Å². The highest BCUT2D eigenvalue weighted by Gasteiger charge is 2.35. The number of alkyl halides is 3. The molecule has 0 N–H and O–H groups in total. The van der Waals surface area contributed by atoms with E-state index in [2.05, 4.69) is 14.5 Å². The van der Waals surface area contributed by atoms with Crippen LogP contribution in [0, 0.1) is 17.0 Å². The van der Waals surface area contributed by atoms with E-state index in [-0.39, 0.29) is 5.56 Å². The van der Waals surface area contributed by atoms with Crippen molar-refractivity contribution in [2.75, 3.05) is 7.11 Å². The Hall–Kier alpha value is -2.39. The van der Waals surface area contributed by atoms with E-state index >= 15 is 0 Å². The Kier molecular flexibility index (Phi) is 3.92. The first-order valence-corrected chi connectivity index (χ1v) is 4.66. The summed E-state index contributed by atoms with van der Waals surface area (Å²) in [5, 5.41) is 10.5. The summed E-state index contributed by atoms with van der Waals surface area (Å²) in [5.41, 5.74) is -0.925. The van der Waals surface area contributed by atoms with E-state index in [1.165, 1.54) is 0 Å². The molecule has 0 fully saturated rings. The molecule has 0 spiro atoms. The quantitative estimate of drug-likeness (QED) is 0.477. The number of carbonyl (C=O) groups is 1. The number of nitro groups is 1. The number of aromatic nitrogens is 1. The summed E-state index contributed by atoms with van der Waals surface area (Å²) in [4.78, 5) is 24.1. The Bertz CT molecular complexity index is 529. The summed E-state index contributed by atoms with van der Waals surface area (Å²) >= 11 is 0. The summed E-state index contributed by atoms with van der Waals surface area (Å²) in [7, 11) is 0.965. The van der Waals surface area contributed by atoms with Gasteiger partial charge in [0.25, 0.3) is 5.69 Å². The SMILES string of the molecule is COC(=O)c1nc([N+](=O)[O-])cc(OC(F)(F)F)c1C. The van der Waals surface area contributed by atoms with E-state index in [9.17, 15) is 28.1 Å². The number of methoxy groups -OCH3 is 1. The van der Waals surface area contributed by atoms with Crippen molar-refractivity contribution in [3.05, 3.63) is 27.4 Å². The standard InChI is InChI=1S/C9H7F3N2O5/c1-4-5(19-9(10,11)12)3-6(14(16)17)13-7(4)8(15)18-2/h3H,1-2H3. The van der Waals surface area contributed by atoms with Gasteiger partial charge in [-0.15, -0.1) is 13.2 Å². The lowest BCUT2D eigenvalue weighted by Gasteiger charge is -2.11. The molecular formula is C9H7F3N2O5. The molecule has 10 heteroatoms. The van der Waals surface area contributed by atoms with Crippen molar-refractivity contribution in [2.45, 2.75) is 13.3 Å². The first-order chi connectivity index (χ1) is 8.65. The number of nitrogens with zero attached hydrogens (tertiary/aromatic N) is 2. The Morgan fingerprint density at radius 2 is 2.05 bits per heavy atom. The number of hydrogen-bond donors (Lipinski definition) is 0. The van der Waals surface area contributed by atoms with Crippen molar-refractivity contribution in [3.8, 4) is 5.75 Å². The van der Waals surface area contributed by atoms with E-state index in [0.717, 1.165) is 14.0 Å². The molecule has 104 valence electrons. The highest BCUT2D eigenvalue weighted by Crippen LogP contribution is 2.30. The number of hydrogen-bond acceptors (Lipinski definition) is 6. The zero-order valence-electron chi connectivity index (χ0n) is 9.65. The molecule has 0 saturated carbocycles. The molecule has 0 aromatic carbocycles. The molecule has 0 radical (unpaired) electrons. The third-order valence-electron chi connectivity index (χ3n) is 2.00. The Balaban J connectivity index is 3.41. The van der Waals surface area contributed by atoms with Crippen molar-refractivity contribution in [3.63, 3.8) is 0 Å². The van der Waals surface area contributed by atoms with Crippen molar-refractivity contribution in [2.24, 2.45) is 0 Å². The van der Waals surface area contributed by atoms with E-state index in [1.807, 2.05) is 0 Å². The lowest BCUT2D eigenvalue weighted by molar-refractivity contribution is -0.389. The topological polar surface area (TPSA) is 91.6 Å². The third-order valence-corrected chi connectivity index (χ3v) is 2.00. The van der Waals surface area contributed by atoms with Crippen molar-refractivity contribution in [1.82, 2.24) is 4.98 Å². The van der Waals surface area contributed by atoms with Crippen LogP contribution in [0.15, 0.2) is 6.07 Å². The van der Waals surface area contributed by atoms with Crippen LogP contribution in [0.4, 0.5) is 19.0 Å². The largest absolute Gasteiger partial charge is 0.573 e. The summed E-state index contributed by atoms with van der Waals surface area (Å²) in [5.74, 6) is -2.94. The Morgan fingerprint density at radius 3 is 2.47 bits per heavy atom. The zero-order chi connectivity index (χ0) is 14.8. The van der Waals surface area contributed by atoms with Gasteiger partial charge < -0.3 is 19.6 Å². The van der Waals surface area contributed by atoms with Gasteiger partial charge in [-0.3, -0.25) is 0 Å². The van der Waals surface area contributed by atoms with E-state index in [0.29, 0.717) is 6.07 Å². The van der Waals surface area contributed by atoms with E-state index < -0.39 is 34.5 Å². The molecule has 1 aromatic rings. The van der Waals surface area contributed by atoms with Gasteiger partial charge in [0.1, 0.15) is 5.75 Å². The third kappa shape index (κ3) is 3.53. The van der Waals surface area contributed by atoms with Gasteiger partial charge in [0, 0.05) is 0 Å². The fraction of sp³-hybridized carbons (Fsp3) is 0.333. The number of pyridine rings is 1. The van der Waals surface area contributed by atoms with Gasteiger partial charge in [-0.25, -0.2) is 4.79 Å². The Labute approximate surface area is 104 Å². The molecule has 0 bridgehead atoms. The lowest BCUT2D eigenvalue weighted by Crippen LogP contribution is -2.19. The number of esters is 1. The van der Waals surface area contributed by atoms with Gasteiger partial charge in [-0.1, -0.05) is 0 Å². The molecule has 0 amide bonds. The fourth-order valence-corrected chi connectivity index (χ4v) is 1.19. The van der Waals surface area contributed by atoms with Gasteiger partial charge in [0.2, 0.25) is 0 Å². The summed E-state index contributed by atoms with van der Waals surface area (Å²) in [6.45, 7) is 1.10. The van der Waals surface area contributed by atoms with Gasteiger partial charge in [0.05, 0.1) is 18.7 Å². The monoisotopic (exact) mass is 280 g/mol. The molecule has 7 nitrogen and oxygen atoms in total. The van der Waals surface area contributed by atoms with Crippen LogP contribution in [0.2, 0.25) is 0 Å². The molecule has 0 aliphatic heterocycles. The molecule has 1 rings (SSSR count). The summed E-state index contributed by atoms with van der Waals surface area (Å²) < 4.78 is 44.3. The fourth-order valence-electron chi connectivity index (χ4n) is 1.19. The number of halogens is 3. The maximum Gasteiger partial charge on any atom is 0.573 e. The van der Waals surface area contributed by atoms with Crippen LogP contribution in [0.3, 0.4) is 0 Å². The maximum absolute atomic E-state index is 12.1. The van der Waals surface area contributed by atoms with Crippen LogP contribution in [0.1, 0.15) is 16.1 Å². The van der Waals surface area contributed by atoms with Crippen LogP contribution in [-0.4, -0.2) is 29.3 Å². The average Bonchev–Trinajstić information content (AvgIpc) is 2.28. The molecule has 1 heterocycles. The normalized spacial score (nSPS) is 11.0. The summed E-state index contributed by atoms with van der Waals surface area (Å²) in [6.07, 6.45) is -5.05. The van der Waals surface area contributed by atoms with E-state index in [1.54, 1.807) is 0 Å². The first-order valence-electron chi connectivity index (χ1n) is 4.66. The number of rotatable bonds is 3. The van der Waals surface area contributed by atoms with Gasteiger partial charge >= 0.3 is 18.1 Å².